The fourth-order valence-electron chi connectivity index (χ4n) is 1.72. The van der Waals surface area contributed by atoms with Crippen molar-refractivity contribution >= 4 is 11.8 Å². The maximum absolute atomic E-state index is 8.36. The van der Waals surface area contributed by atoms with E-state index in [1.165, 1.54) is 36.6 Å². The summed E-state index contributed by atoms with van der Waals surface area (Å²) >= 11 is 1.36. The summed E-state index contributed by atoms with van der Waals surface area (Å²) in [7, 11) is 0. The molecule has 0 atom stereocenters. The van der Waals surface area contributed by atoms with E-state index < -0.39 is 0 Å². The Kier molecular flexibility index (Phi) is 9.32. The standard InChI is InChI=1S/C15H21NOS/c16-14-18-12-8-3-1-2-7-11-17-13-15-9-5-4-6-10-15/h4-6,9-10H,1-3,7-8,11-13H2. The van der Waals surface area contributed by atoms with Gasteiger partial charge in [0.05, 0.1) is 6.61 Å². The third kappa shape index (κ3) is 8.16. The summed E-state index contributed by atoms with van der Waals surface area (Å²) in [5.41, 5.74) is 1.24. The molecule has 0 aromatic heterocycles. The van der Waals surface area contributed by atoms with Crippen molar-refractivity contribution in [2.75, 3.05) is 12.4 Å². The molecule has 0 saturated carbocycles. The molecule has 1 aromatic rings. The number of ether oxygens (including phenoxy) is 1. The third-order valence-corrected chi connectivity index (χ3v) is 3.33. The molecule has 0 bridgehead atoms. The van der Waals surface area contributed by atoms with Crippen molar-refractivity contribution in [1.29, 1.82) is 5.26 Å². The number of benzene rings is 1. The molecule has 0 aliphatic heterocycles. The lowest BCUT2D eigenvalue weighted by Gasteiger charge is -2.04. The molecule has 1 rings (SSSR count). The van der Waals surface area contributed by atoms with Crippen LogP contribution in [0.1, 0.15) is 37.7 Å². The molecule has 18 heavy (non-hydrogen) atoms. The molecule has 0 amide bonds. The van der Waals surface area contributed by atoms with Gasteiger partial charge in [-0.2, -0.15) is 5.26 Å². The second kappa shape index (κ2) is 11.1. The molecular formula is C15H21NOS. The van der Waals surface area contributed by atoms with Gasteiger partial charge in [-0.15, -0.1) is 0 Å². The van der Waals surface area contributed by atoms with Crippen molar-refractivity contribution in [3.8, 4) is 5.40 Å². The molecule has 0 heterocycles. The van der Waals surface area contributed by atoms with E-state index in [-0.39, 0.29) is 0 Å². The average Bonchev–Trinajstić information content (AvgIpc) is 2.42. The number of nitriles is 1. The minimum absolute atomic E-state index is 0.722. The number of unbranched alkanes of at least 4 members (excludes halogenated alkanes) is 4. The van der Waals surface area contributed by atoms with E-state index in [0.29, 0.717) is 0 Å². The van der Waals surface area contributed by atoms with Crippen LogP contribution in [0.3, 0.4) is 0 Å². The van der Waals surface area contributed by atoms with Crippen LogP contribution in [-0.4, -0.2) is 12.4 Å². The quantitative estimate of drug-likeness (QED) is 0.464. The first-order valence-corrected chi connectivity index (χ1v) is 7.54. The smallest absolute Gasteiger partial charge is 0.133 e. The molecule has 0 fully saturated rings. The van der Waals surface area contributed by atoms with Crippen LogP contribution in [0.4, 0.5) is 0 Å². The lowest BCUT2D eigenvalue weighted by Crippen LogP contribution is -1.95. The largest absolute Gasteiger partial charge is 0.377 e. The lowest BCUT2D eigenvalue weighted by molar-refractivity contribution is 0.116. The van der Waals surface area contributed by atoms with Gasteiger partial charge in [-0.1, -0.05) is 49.6 Å². The first-order valence-electron chi connectivity index (χ1n) is 6.56. The Hall–Kier alpha value is -0.980. The number of thiocyanates is 1. The van der Waals surface area contributed by atoms with Crippen LogP contribution in [0, 0.1) is 10.7 Å². The molecule has 0 N–H and O–H groups in total. The van der Waals surface area contributed by atoms with Gasteiger partial charge in [0, 0.05) is 12.4 Å². The highest BCUT2D eigenvalue weighted by molar-refractivity contribution is 8.03. The van der Waals surface area contributed by atoms with E-state index in [9.17, 15) is 0 Å². The Labute approximate surface area is 114 Å². The van der Waals surface area contributed by atoms with Crippen LogP contribution < -0.4 is 0 Å². The number of nitrogens with zero attached hydrogens (tertiary/aromatic N) is 1. The number of rotatable bonds is 10. The average molecular weight is 263 g/mol. The zero-order valence-corrected chi connectivity index (χ0v) is 11.6. The summed E-state index contributed by atoms with van der Waals surface area (Å²) < 4.78 is 5.62. The van der Waals surface area contributed by atoms with Crippen molar-refractivity contribution in [2.45, 2.75) is 38.7 Å². The van der Waals surface area contributed by atoms with Crippen molar-refractivity contribution in [1.82, 2.24) is 0 Å². The number of hydrogen-bond acceptors (Lipinski definition) is 3. The molecule has 0 aliphatic carbocycles. The number of thioether (sulfide) groups is 1. The van der Waals surface area contributed by atoms with Gasteiger partial charge in [0.1, 0.15) is 5.40 Å². The summed E-state index contributed by atoms with van der Waals surface area (Å²) in [6.07, 6.45) is 6.00. The van der Waals surface area contributed by atoms with Crippen LogP contribution in [0.25, 0.3) is 0 Å². The second-order valence-electron chi connectivity index (χ2n) is 4.25. The molecule has 98 valence electrons. The highest BCUT2D eigenvalue weighted by Crippen LogP contribution is 2.08. The van der Waals surface area contributed by atoms with Gasteiger partial charge in [0.2, 0.25) is 0 Å². The second-order valence-corrected chi connectivity index (χ2v) is 5.13. The van der Waals surface area contributed by atoms with E-state index >= 15 is 0 Å². The zero-order valence-electron chi connectivity index (χ0n) is 10.8. The molecular weight excluding hydrogens is 242 g/mol. The number of hydrogen-bond donors (Lipinski definition) is 0. The molecule has 0 aliphatic rings. The van der Waals surface area contributed by atoms with Gasteiger partial charge in [0.15, 0.2) is 0 Å². The maximum Gasteiger partial charge on any atom is 0.133 e. The van der Waals surface area contributed by atoms with E-state index in [0.717, 1.165) is 31.8 Å². The van der Waals surface area contributed by atoms with Crippen LogP contribution >= 0.6 is 11.8 Å². The van der Waals surface area contributed by atoms with E-state index in [1.807, 2.05) is 18.2 Å². The maximum atomic E-state index is 8.36. The Balaban J connectivity index is 1.83. The molecule has 0 unspecified atom stereocenters. The molecule has 2 nitrogen and oxygen atoms in total. The first-order chi connectivity index (χ1) is 8.93. The minimum Gasteiger partial charge on any atom is -0.377 e. The fourth-order valence-corrected chi connectivity index (χ4v) is 2.16. The summed E-state index contributed by atoms with van der Waals surface area (Å²) in [4.78, 5) is 0. The highest BCUT2D eigenvalue weighted by Gasteiger charge is 1.94. The predicted molar refractivity (Wildman–Crippen MR) is 77.3 cm³/mol. The van der Waals surface area contributed by atoms with Gasteiger partial charge in [0.25, 0.3) is 0 Å². The normalized spacial score (nSPS) is 10.2. The Morgan fingerprint density at radius 1 is 1.00 bits per heavy atom. The summed E-state index contributed by atoms with van der Waals surface area (Å²) in [6.45, 7) is 1.57. The summed E-state index contributed by atoms with van der Waals surface area (Å²) in [5.74, 6) is 0.973. The fraction of sp³-hybridized carbons (Fsp3) is 0.533. The zero-order chi connectivity index (χ0) is 12.9. The molecule has 1 aromatic carbocycles. The van der Waals surface area contributed by atoms with Crippen LogP contribution in [0.15, 0.2) is 30.3 Å². The van der Waals surface area contributed by atoms with Crippen molar-refractivity contribution in [3.05, 3.63) is 35.9 Å². The van der Waals surface area contributed by atoms with E-state index in [2.05, 4.69) is 17.5 Å². The van der Waals surface area contributed by atoms with E-state index in [4.69, 9.17) is 10.00 Å². The van der Waals surface area contributed by atoms with Gasteiger partial charge in [-0.25, -0.2) is 0 Å². The van der Waals surface area contributed by atoms with Crippen LogP contribution in [0.5, 0.6) is 0 Å². The van der Waals surface area contributed by atoms with Gasteiger partial charge < -0.3 is 4.74 Å². The Morgan fingerprint density at radius 3 is 2.50 bits per heavy atom. The van der Waals surface area contributed by atoms with Gasteiger partial charge in [-0.05, 0) is 30.2 Å². The van der Waals surface area contributed by atoms with Crippen LogP contribution in [0.2, 0.25) is 0 Å². The van der Waals surface area contributed by atoms with Crippen LogP contribution in [-0.2, 0) is 11.3 Å². The summed E-state index contributed by atoms with van der Waals surface area (Å²) in [6, 6.07) is 10.3. The summed E-state index contributed by atoms with van der Waals surface area (Å²) in [5, 5.41) is 10.5. The van der Waals surface area contributed by atoms with Gasteiger partial charge >= 0.3 is 0 Å². The molecule has 3 heteroatoms. The lowest BCUT2D eigenvalue weighted by atomic mass is 10.2. The van der Waals surface area contributed by atoms with Crippen molar-refractivity contribution < 1.29 is 4.74 Å². The third-order valence-electron chi connectivity index (χ3n) is 2.71. The van der Waals surface area contributed by atoms with Gasteiger partial charge in [-0.3, -0.25) is 0 Å². The predicted octanol–water partition coefficient (Wildman–Crippen LogP) is 4.37. The monoisotopic (exact) mass is 263 g/mol. The Morgan fingerprint density at radius 2 is 1.72 bits per heavy atom. The molecule has 0 radical (unpaired) electrons. The van der Waals surface area contributed by atoms with Crippen molar-refractivity contribution in [2.24, 2.45) is 0 Å². The minimum atomic E-state index is 0.722. The van der Waals surface area contributed by atoms with Crippen molar-refractivity contribution in [3.63, 3.8) is 0 Å². The molecule has 0 spiro atoms. The SMILES string of the molecule is N#CSCCCCCCCOCc1ccccc1. The molecule has 0 saturated heterocycles. The van der Waals surface area contributed by atoms with E-state index in [1.54, 1.807) is 0 Å². The Bertz CT molecular complexity index is 334. The first kappa shape index (κ1) is 15.1. The highest BCUT2D eigenvalue weighted by atomic mass is 32.2. The topological polar surface area (TPSA) is 33.0 Å².